The Kier molecular flexibility index (Phi) is 4.00. The zero-order chi connectivity index (χ0) is 20.2. The van der Waals surface area contributed by atoms with Crippen molar-refractivity contribution in [3.8, 4) is 17.0 Å². The number of aromatic hydroxyl groups is 1. The lowest BCUT2D eigenvalue weighted by atomic mass is 9.88. The van der Waals surface area contributed by atoms with Crippen LogP contribution in [-0.2, 0) is 4.74 Å². The van der Waals surface area contributed by atoms with E-state index in [-0.39, 0.29) is 22.4 Å². The Morgan fingerprint density at radius 1 is 1.14 bits per heavy atom. The number of hydrogen-bond donors (Lipinski definition) is 2. The van der Waals surface area contributed by atoms with Crippen LogP contribution >= 0.6 is 0 Å². The number of ether oxygens (including phenoxy) is 1. The van der Waals surface area contributed by atoms with Crippen LogP contribution in [0.25, 0.3) is 22.2 Å². The van der Waals surface area contributed by atoms with Crippen molar-refractivity contribution in [1.82, 2.24) is 10.2 Å². The molecule has 2 aliphatic heterocycles. The second-order valence-corrected chi connectivity index (χ2v) is 8.79. The van der Waals surface area contributed by atoms with E-state index in [0.717, 1.165) is 38.8 Å². The van der Waals surface area contributed by atoms with Crippen molar-refractivity contribution in [1.29, 1.82) is 0 Å². The van der Waals surface area contributed by atoms with E-state index in [1.54, 1.807) is 24.4 Å². The van der Waals surface area contributed by atoms with Gasteiger partial charge in [0.2, 0.25) is 0 Å². The number of aromatic nitrogens is 2. The van der Waals surface area contributed by atoms with Gasteiger partial charge in [-0.3, -0.25) is 9.89 Å². The predicted molar refractivity (Wildman–Crippen MR) is 110 cm³/mol. The van der Waals surface area contributed by atoms with E-state index in [1.165, 1.54) is 6.07 Å². The monoisotopic (exact) mass is 395 g/mol. The van der Waals surface area contributed by atoms with Gasteiger partial charge in [-0.25, -0.2) is 0 Å². The molecule has 4 heterocycles. The number of phenolic OH excluding ortho intramolecular Hbond substituents is 1. The zero-order valence-corrected chi connectivity index (χ0v) is 16.7. The van der Waals surface area contributed by atoms with Crippen molar-refractivity contribution >= 4 is 16.9 Å². The summed E-state index contributed by atoms with van der Waals surface area (Å²) in [4.78, 5) is 14.9. The van der Waals surface area contributed by atoms with E-state index in [0.29, 0.717) is 28.1 Å². The van der Waals surface area contributed by atoms with Crippen molar-refractivity contribution in [3.63, 3.8) is 0 Å². The molecular weight excluding hydrogens is 370 g/mol. The molecule has 5 rings (SSSR count). The van der Waals surface area contributed by atoms with E-state index in [2.05, 4.69) is 28.9 Å². The summed E-state index contributed by atoms with van der Waals surface area (Å²) in [6.07, 6.45) is 5.57. The van der Waals surface area contributed by atoms with Gasteiger partial charge >= 0.3 is 0 Å². The number of fused-ring (bicyclic) bond motifs is 1. The molecule has 0 saturated carbocycles. The number of rotatable bonds is 2. The first kappa shape index (κ1) is 18.2. The van der Waals surface area contributed by atoms with Crippen LogP contribution in [0.5, 0.6) is 5.75 Å². The molecule has 7 heteroatoms. The number of benzene rings is 1. The van der Waals surface area contributed by atoms with E-state index in [9.17, 15) is 9.90 Å². The molecule has 2 N–H and O–H groups in total. The zero-order valence-electron chi connectivity index (χ0n) is 16.7. The highest BCUT2D eigenvalue weighted by molar-refractivity contribution is 5.94. The molecule has 2 fully saturated rings. The SMILES string of the molecule is CC1(C)CCC2(CCN(c3cc(=O)c4ccc(O)c(-c5ccn[nH]5)c4o3)CC2)O1. The number of nitrogens with one attached hydrogen (secondary N) is 1. The number of piperidine rings is 1. The maximum atomic E-state index is 12.8. The summed E-state index contributed by atoms with van der Waals surface area (Å²) in [5.41, 5.74) is 1.18. The Morgan fingerprint density at radius 3 is 2.59 bits per heavy atom. The third-order valence-corrected chi connectivity index (χ3v) is 6.29. The Balaban J connectivity index is 1.51. The van der Waals surface area contributed by atoms with Gasteiger partial charge in [0.05, 0.1) is 27.8 Å². The Morgan fingerprint density at radius 2 is 1.93 bits per heavy atom. The molecule has 2 aliphatic rings. The van der Waals surface area contributed by atoms with Crippen molar-refractivity contribution in [2.24, 2.45) is 0 Å². The van der Waals surface area contributed by atoms with E-state index in [1.807, 2.05) is 0 Å². The van der Waals surface area contributed by atoms with Gasteiger partial charge in [-0.2, -0.15) is 5.10 Å². The van der Waals surface area contributed by atoms with Crippen LogP contribution in [0.4, 0.5) is 5.88 Å². The quantitative estimate of drug-likeness (QED) is 0.685. The van der Waals surface area contributed by atoms with Crippen LogP contribution in [-0.4, -0.2) is 39.6 Å². The highest BCUT2D eigenvalue weighted by Gasteiger charge is 2.46. The van der Waals surface area contributed by atoms with Crippen molar-refractivity contribution < 1.29 is 14.3 Å². The summed E-state index contributed by atoms with van der Waals surface area (Å²) in [5.74, 6) is 0.571. The summed E-state index contributed by atoms with van der Waals surface area (Å²) >= 11 is 0. The average Bonchev–Trinajstić information content (AvgIpc) is 3.30. The molecule has 0 unspecified atom stereocenters. The molecule has 0 radical (unpaired) electrons. The molecule has 152 valence electrons. The molecule has 3 aromatic rings. The maximum absolute atomic E-state index is 12.8. The minimum atomic E-state index is -0.124. The van der Waals surface area contributed by atoms with Crippen LogP contribution < -0.4 is 10.3 Å². The summed E-state index contributed by atoms with van der Waals surface area (Å²) in [5, 5.41) is 17.7. The summed E-state index contributed by atoms with van der Waals surface area (Å²) in [6.45, 7) is 5.84. The molecular formula is C22H25N3O4. The third-order valence-electron chi connectivity index (χ3n) is 6.29. The molecule has 0 bridgehead atoms. The molecule has 0 aliphatic carbocycles. The van der Waals surface area contributed by atoms with E-state index >= 15 is 0 Å². The molecule has 1 aromatic carbocycles. The van der Waals surface area contributed by atoms with Crippen molar-refractivity contribution in [2.45, 2.75) is 50.7 Å². The second-order valence-electron chi connectivity index (χ2n) is 8.79. The van der Waals surface area contributed by atoms with E-state index in [4.69, 9.17) is 9.15 Å². The number of phenols is 1. The third kappa shape index (κ3) is 3.09. The first-order valence-electron chi connectivity index (χ1n) is 10.1. The summed E-state index contributed by atoms with van der Waals surface area (Å²) < 4.78 is 12.6. The topological polar surface area (TPSA) is 91.6 Å². The number of H-pyrrole nitrogens is 1. The largest absolute Gasteiger partial charge is 0.507 e. The normalized spacial score (nSPS) is 20.6. The van der Waals surface area contributed by atoms with Gasteiger partial charge in [0.25, 0.3) is 0 Å². The number of aromatic amines is 1. The first-order valence-corrected chi connectivity index (χ1v) is 10.1. The molecule has 0 atom stereocenters. The molecule has 2 saturated heterocycles. The van der Waals surface area contributed by atoms with Crippen LogP contribution in [0.15, 0.2) is 39.7 Å². The number of anilines is 1. The van der Waals surface area contributed by atoms with Gasteiger partial charge in [-0.05, 0) is 57.7 Å². The Hall–Kier alpha value is -2.80. The van der Waals surface area contributed by atoms with Gasteiger partial charge in [0.15, 0.2) is 16.9 Å². The van der Waals surface area contributed by atoms with Gasteiger partial charge < -0.3 is 19.2 Å². The second kappa shape index (κ2) is 6.35. The fourth-order valence-corrected chi connectivity index (χ4v) is 4.71. The molecule has 29 heavy (non-hydrogen) atoms. The molecule has 0 amide bonds. The fraction of sp³-hybridized carbons (Fsp3) is 0.455. The van der Waals surface area contributed by atoms with Crippen LogP contribution in [0, 0.1) is 0 Å². The van der Waals surface area contributed by atoms with Crippen LogP contribution in [0.2, 0.25) is 0 Å². The summed E-state index contributed by atoms with van der Waals surface area (Å²) in [7, 11) is 0. The predicted octanol–water partition coefficient (Wildman–Crippen LogP) is 3.82. The van der Waals surface area contributed by atoms with Crippen LogP contribution in [0.1, 0.15) is 39.5 Å². The molecule has 7 nitrogen and oxygen atoms in total. The smallest absolute Gasteiger partial charge is 0.200 e. The van der Waals surface area contributed by atoms with Gasteiger partial charge in [-0.15, -0.1) is 0 Å². The number of hydrogen-bond acceptors (Lipinski definition) is 6. The van der Waals surface area contributed by atoms with Gasteiger partial charge in [-0.1, -0.05) is 0 Å². The lowest BCUT2D eigenvalue weighted by Gasteiger charge is -2.40. The van der Waals surface area contributed by atoms with Crippen molar-refractivity contribution in [2.75, 3.05) is 18.0 Å². The first-order chi connectivity index (χ1) is 13.9. The standard InChI is InChI=1S/C22H25N3O4/c1-21(2)6-7-22(29-21)8-11-25(12-9-22)18-13-17(27)14-3-4-16(26)19(20(14)28-18)15-5-10-23-24-15/h3-5,10,13,26H,6-9,11-12H2,1-2H3,(H,23,24). The Bertz CT molecular complexity index is 1110. The average molecular weight is 395 g/mol. The minimum Gasteiger partial charge on any atom is -0.507 e. The van der Waals surface area contributed by atoms with Gasteiger partial charge in [0.1, 0.15) is 5.75 Å². The minimum absolute atomic E-state index is 0.0428. The van der Waals surface area contributed by atoms with Gasteiger partial charge in [0, 0.05) is 25.4 Å². The lowest BCUT2D eigenvalue weighted by molar-refractivity contribution is -0.0968. The van der Waals surface area contributed by atoms with Crippen molar-refractivity contribution in [3.05, 3.63) is 40.7 Å². The summed E-state index contributed by atoms with van der Waals surface area (Å²) in [6, 6.07) is 6.40. The van der Waals surface area contributed by atoms with E-state index < -0.39 is 0 Å². The van der Waals surface area contributed by atoms with Crippen LogP contribution in [0.3, 0.4) is 0 Å². The molecule has 1 spiro atoms. The highest BCUT2D eigenvalue weighted by Crippen LogP contribution is 2.44. The maximum Gasteiger partial charge on any atom is 0.200 e. The lowest BCUT2D eigenvalue weighted by Crippen LogP contribution is -2.45. The fourth-order valence-electron chi connectivity index (χ4n) is 4.71. The highest BCUT2D eigenvalue weighted by atomic mass is 16.5. The number of nitrogens with zero attached hydrogens (tertiary/aromatic N) is 2. The molecule has 2 aromatic heterocycles. The Labute approximate surface area is 168 Å².